The molecule has 1 aromatic rings. The number of nitrogens with zero attached hydrogens (tertiary/aromatic N) is 2. The van der Waals surface area contributed by atoms with Crippen LogP contribution in [0.15, 0.2) is 12.4 Å². The molecule has 1 heterocycles. The van der Waals surface area contributed by atoms with E-state index in [1.54, 1.807) is 42.8 Å². The molecule has 0 aromatic carbocycles. The molecular formula is C12H21N3O2S. The van der Waals surface area contributed by atoms with Gasteiger partial charge >= 0.3 is 0 Å². The number of hydrogen-bond donors (Lipinski definition) is 2. The highest BCUT2D eigenvalue weighted by atomic mass is 32.2. The van der Waals surface area contributed by atoms with Crippen LogP contribution in [0.1, 0.15) is 19.4 Å². The highest BCUT2D eigenvalue weighted by Gasteiger charge is 2.26. The van der Waals surface area contributed by atoms with Crippen molar-refractivity contribution in [1.29, 1.82) is 0 Å². The molecule has 5 nitrogen and oxygen atoms in total. The number of nitrogens with one attached hydrogen (secondary N) is 1. The first-order chi connectivity index (χ1) is 8.36. The number of thioether (sulfide) groups is 1. The molecule has 0 aliphatic carbocycles. The lowest BCUT2D eigenvalue weighted by Crippen LogP contribution is -2.41. The maximum Gasteiger partial charge on any atom is 0.223 e. The maximum absolute atomic E-state index is 11.8. The van der Waals surface area contributed by atoms with Gasteiger partial charge in [-0.1, -0.05) is 6.92 Å². The quantitative estimate of drug-likeness (QED) is 0.801. The van der Waals surface area contributed by atoms with Gasteiger partial charge in [0.2, 0.25) is 5.91 Å². The van der Waals surface area contributed by atoms with Crippen molar-refractivity contribution in [2.75, 3.05) is 18.6 Å². The number of carbonyl (C=O) groups is 1. The fraction of sp³-hybridized carbons (Fsp3) is 0.667. The molecule has 2 unspecified atom stereocenters. The van der Waals surface area contributed by atoms with E-state index in [0.717, 1.165) is 5.75 Å². The largest absolute Gasteiger partial charge is 0.383 e. The summed E-state index contributed by atoms with van der Waals surface area (Å²) >= 11 is 1.63. The summed E-state index contributed by atoms with van der Waals surface area (Å²) in [6.45, 7) is 3.74. The van der Waals surface area contributed by atoms with Crippen LogP contribution in [0.5, 0.6) is 0 Å². The zero-order valence-corrected chi connectivity index (χ0v) is 12.1. The summed E-state index contributed by atoms with van der Waals surface area (Å²) in [6.07, 6.45) is 5.32. The monoisotopic (exact) mass is 271 g/mol. The topological polar surface area (TPSA) is 67.2 Å². The summed E-state index contributed by atoms with van der Waals surface area (Å²) < 4.78 is 1.63. The van der Waals surface area contributed by atoms with Crippen LogP contribution >= 0.6 is 11.8 Å². The Morgan fingerprint density at radius 1 is 1.72 bits per heavy atom. The summed E-state index contributed by atoms with van der Waals surface area (Å²) in [7, 11) is 1.79. The number of rotatable bonds is 6. The highest BCUT2D eigenvalue weighted by molar-refractivity contribution is 7.98. The van der Waals surface area contributed by atoms with Gasteiger partial charge in [0.25, 0.3) is 0 Å². The Hall–Kier alpha value is -1.01. The Bertz CT molecular complexity index is 404. The predicted octanol–water partition coefficient (Wildman–Crippen LogP) is 0.743. The first-order valence-corrected chi connectivity index (χ1v) is 7.24. The molecule has 1 amide bonds. The molecule has 0 bridgehead atoms. The molecule has 2 atom stereocenters. The van der Waals surface area contributed by atoms with Gasteiger partial charge < -0.3 is 10.4 Å². The second-order valence-electron chi connectivity index (χ2n) is 4.75. The van der Waals surface area contributed by atoms with Gasteiger partial charge in [-0.05, 0) is 13.2 Å². The maximum atomic E-state index is 11.8. The first-order valence-electron chi connectivity index (χ1n) is 5.85. The van der Waals surface area contributed by atoms with Crippen LogP contribution in [-0.4, -0.2) is 39.3 Å². The van der Waals surface area contributed by atoms with Crippen molar-refractivity contribution >= 4 is 17.7 Å². The number of aliphatic hydroxyl groups is 1. The van der Waals surface area contributed by atoms with E-state index in [9.17, 15) is 9.90 Å². The number of hydrogen-bond acceptors (Lipinski definition) is 4. The number of aryl methyl sites for hydroxylation is 1. The Kier molecular flexibility index (Phi) is 5.22. The zero-order valence-electron chi connectivity index (χ0n) is 11.3. The molecule has 0 spiro atoms. The second kappa shape index (κ2) is 6.24. The summed E-state index contributed by atoms with van der Waals surface area (Å²) in [4.78, 5) is 11.8. The third-order valence-electron chi connectivity index (χ3n) is 2.80. The minimum absolute atomic E-state index is 0.0338. The summed E-state index contributed by atoms with van der Waals surface area (Å²) in [6, 6.07) is 0. The normalized spacial score (nSPS) is 16.1. The van der Waals surface area contributed by atoms with Crippen LogP contribution in [0.2, 0.25) is 0 Å². The molecule has 0 aliphatic heterocycles. The van der Waals surface area contributed by atoms with E-state index < -0.39 is 5.60 Å². The van der Waals surface area contributed by atoms with Crippen LogP contribution < -0.4 is 5.32 Å². The van der Waals surface area contributed by atoms with Gasteiger partial charge in [0.1, 0.15) is 5.60 Å². The van der Waals surface area contributed by atoms with E-state index >= 15 is 0 Å². The predicted molar refractivity (Wildman–Crippen MR) is 73.3 cm³/mol. The lowest BCUT2D eigenvalue weighted by atomic mass is 9.99. The standard InChI is InChI=1S/C12H21N3O2S/c1-9(7-18-4)11(16)13-8-12(2,17)10-5-14-15(3)6-10/h5-6,9,17H,7-8H2,1-4H3,(H,13,16). The van der Waals surface area contributed by atoms with Crippen molar-refractivity contribution < 1.29 is 9.90 Å². The van der Waals surface area contributed by atoms with Crippen LogP contribution in [-0.2, 0) is 17.4 Å². The molecule has 0 radical (unpaired) electrons. The first kappa shape index (κ1) is 15.0. The van der Waals surface area contributed by atoms with Crippen molar-refractivity contribution in [2.24, 2.45) is 13.0 Å². The van der Waals surface area contributed by atoms with Gasteiger partial charge in [-0.3, -0.25) is 9.48 Å². The van der Waals surface area contributed by atoms with Gasteiger partial charge in [-0.15, -0.1) is 0 Å². The molecule has 0 saturated carbocycles. The SMILES string of the molecule is CSCC(C)C(=O)NCC(C)(O)c1cnn(C)c1. The zero-order chi connectivity index (χ0) is 13.8. The van der Waals surface area contributed by atoms with Crippen LogP contribution in [0.3, 0.4) is 0 Å². The van der Waals surface area contributed by atoms with Crippen LogP contribution in [0, 0.1) is 5.92 Å². The van der Waals surface area contributed by atoms with Gasteiger partial charge in [0.05, 0.1) is 12.7 Å². The van der Waals surface area contributed by atoms with Crippen LogP contribution in [0.25, 0.3) is 0 Å². The Morgan fingerprint density at radius 3 is 2.89 bits per heavy atom. The van der Waals surface area contributed by atoms with Crippen molar-refractivity contribution in [3.63, 3.8) is 0 Å². The smallest absolute Gasteiger partial charge is 0.223 e. The second-order valence-corrected chi connectivity index (χ2v) is 5.66. The summed E-state index contributed by atoms with van der Waals surface area (Å²) in [5.41, 5.74) is -0.397. The van der Waals surface area contributed by atoms with Crippen molar-refractivity contribution in [1.82, 2.24) is 15.1 Å². The average molecular weight is 271 g/mol. The molecule has 0 saturated heterocycles. The van der Waals surface area contributed by atoms with Gasteiger partial charge in [0, 0.05) is 30.5 Å². The van der Waals surface area contributed by atoms with Gasteiger partial charge in [-0.25, -0.2) is 0 Å². The lowest BCUT2D eigenvalue weighted by Gasteiger charge is -2.23. The molecular weight excluding hydrogens is 250 g/mol. The molecule has 2 N–H and O–H groups in total. The molecule has 102 valence electrons. The van der Waals surface area contributed by atoms with Crippen molar-refractivity contribution in [3.8, 4) is 0 Å². The minimum Gasteiger partial charge on any atom is -0.383 e. The van der Waals surface area contributed by atoms with E-state index in [0.29, 0.717) is 5.56 Å². The number of carbonyl (C=O) groups excluding carboxylic acids is 1. The Morgan fingerprint density at radius 2 is 2.39 bits per heavy atom. The number of aromatic nitrogens is 2. The molecule has 6 heteroatoms. The minimum atomic E-state index is -1.09. The van der Waals surface area contributed by atoms with Crippen LogP contribution in [0.4, 0.5) is 0 Å². The molecule has 1 rings (SSSR count). The Balaban J connectivity index is 2.54. The third-order valence-corrected chi connectivity index (χ3v) is 3.63. The van der Waals surface area contributed by atoms with E-state index in [4.69, 9.17) is 0 Å². The van der Waals surface area contributed by atoms with E-state index in [1.165, 1.54) is 0 Å². The van der Waals surface area contributed by atoms with Gasteiger partial charge in [-0.2, -0.15) is 16.9 Å². The molecule has 18 heavy (non-hydrogen) atoms. The third kappa shape index (κ3) is 4.03. The number of amides is 1. The summed E-state index contributed by atoms with van der Waals surface area (Å²) in [5, 5.41) is 17.1. The highest BCUT2D eigenvalue weighted by Crippen LogP contribution is 2.18. The fourth-order valence-electron chi connectivity index (χ4n) is 1.56. The van der Waals surface area contributed by atoms with Crippen molar-refractivity contribution in [2.45, 2.75) is 19.4 Å². The molecule has 1 aromatic heterocycles. The molecule has 0 aliphatic rings. The molecule has 0 fully saturated rings. The Labute approximate surface area is 112 Å². The van der Waals surface area contributed by atoms with Gasteiger partial charge in [0.15, 0.2) is 0 Å². The lowest BCUT2D eigenvalue weighted by molar-refractivity contribution is -0.125. The fourth-order valence-corrected chi connectivity index (χ4v) is 2.21. The van der Waals surface area contributed by atoms with E-state index in [2.05, 4.69) is 10.4 Å². The van der Waals surface area contributed by atoms with E-state index in [1.807, 2.05) is 13.2 Å². The van der Waals surface area contributed by atoms with E-state index in [-0.39, 0.29) is 18.4 Å². The summed E-state index contributed by atoms with van der Waals surface area (Å²) in [5.74, 6) is 0.694. The average Bonchev–Trinajstić information content (AvgIpc) is 2.74. The van der Waals surface area contributed by atoms with Crippen molar-refractivity contribution in [3.05, 3.63) is 18.0 Å².